The van der Waals surface area contributed by atoms with E-state index in [0.29, 0.717) is 11.7 Å². The van der Waals surface area contributed by atoms with Gasteiger partial charge in [-0.15, -0.1) is 0 Å². The van der Waals surface area contributed by atoms with E-state index in [0.717, 1.165) is 67.0 Å². The Labute approximate surface area is 162 Å². The number of fused-ring (bicyclic) bond motifs is 1. The number of morpholine rings is 1. The Morgan fingerprint density at radius 2 is 1.89 bits per heavy atom. The molecule has 1 aliphatic carbocycles. The van der Waals surface area contributed by atoms with Crippen LogP contribution in [0.1, 0.15) is 35.1 Å². The SMILES string of the molecule is Cc1nn(C2CC2)c2nc(C(=O)O)cc(-c3ccc(N4CCOCC4)cc3)c12. The molecular weight excluding hydrogens is 356 g/mol. The molecule has 2 aromatic heterocycles. The summed E-state index contributed by atoms with van der Waals surface area (Å²) in [5, 5.41) is 15.2. The van der Waals surface area contributed by atoms with Gasteiger partial charge in [0.2, 0.25) is 0 Å². The summed E-state index contributed by atoms with van der Waals surface area (Å²) in [6.07, 6.45) is 2.14. The maximum atomic E-state index is 11.7. The highest BCUT2D eigenvalue weighted by molar-refractivity contribution is 5.99. The van der Waals surface area contributed by atoms with E-state index in [4.69, 9.17) is 4.74 Å². The molecule has 0 unspecified atom stereocenters. The van der Waals surface area contributed by atoms with Gasteiger partial charge in [-0.3, -0.25) is 0 Å². The van der Waals surface area contributed by atoms with Crippen LogP contribution in [0.3, 0.4) is 0 Å². The zero-order valence-corrected chi connectivity index (χ0v) is 15.8. The number of nitrogens with zero attached hydrogens (tertiary/aromatic N) is 4. The molecule has 7 nitrogen and oxygen atoms in total. The molecule has 1 N–H and O–H groups in total. The standard InChI is InChI=1S/C21H22N4O3/c1-13-19-17(14-2-4-15(5-3-14)24-8-10-28-11-9-24)12-18(21(26)27)22-20(19)25(23-13)16-6-7-16/h2-5,12,16H,6-11H2,1H3,(H,26,27). The van der Waals surface area contributed by atoms with Crippen molar-refractivity contribution in [2.75, 3.05) is 31.2 Å². The summed E-state index contributed by atoms with van der Waals surface area (Å²) in [5.74, 6) is -1.02. The van der Waals surface area contributed by atoms with Crippen LogP contribution in [0.5, 0.6) is 0 Å². The van der Waals surface area contributed by atoms with Crippen molar-refractivity contribution in [3.8, 4) is 11.1 Å². The second-order valence-corrected chi connectivity index (χ2v) is 7.47. The first-order valence-corrected chi connectivity index (χ1v) is 9.68. The molecule has 0 radical (unpaired) electrons. The van der Waals surface area contributed by atoms with Crippen LogP contribution in [0.4, 0.5) is 5.69 Å². The number of benzene rings is 1. The Kier molecular flexibility index (Phi) is 4.05. The lowest BCUT2D eigenvalue weighted by atomic mass is 10.0. The third-order valence-corrected chi connectivity index (χ3v) is 5.50. The number of aromatic carboxylic acids is 1. The van der Waals surface area contributed by atoms with Crippen LogP contribution >= 0.6 is 0 Å². The Balaban J connectivity index is 1.62. The number of carbonyl (C=O) groups is 1. The van der Waals surface area contributed by atoms with E-state index >= 15 is 0 Å². The molecule has 144 valence electrons. The Morgan fingerprint density at radius 1 is 1.18 bits per heavy atom. The van der Waals surface area contributed by atoms with Gasteiger partial charge in [0, 0.05) is 24.2 Å². The van der Waals surface area contributed by atoms with Crippen LogP contribution in [0.15, 0.2) is 30.3 Å². The minimum atomic E-state index is -1.02. The van der Waals surface area contributed by atoms with Gasteiger partial charge in [-0.05, 0) is 49.1 Å². The second-order valence-electron chi connectivity index (χ2n) is 7.47. The Hall–Kier alpha value is -2.93. The first-order chi connectivity index (χ1) is 13.6. The van der Waals surface area contributed by atoms with Crippen LogP contribution in [-0.4, -0.2) is 52.1 Å². The summed E-state index contributed by atoms with van der Waals surface area (Å²) in [7, 11) is 0. The fraction of sp³-hybridized carbons (Fsp3) is 0.381. The van der Waals surface area contributed by atoms with Crippen LogP contribution in [0, 0.1) is 6.92 Å². The van der Waals surface area contributed by atoms with Gasteiger partial charge < -0.3 is 14.7 Å². The number of ether oxygens (including phenoxy) is 1. The van der Waals surface area contributed by atoms with Crippen LogP contribution < -0.4 is 4.90 Å². The zero-order chi connectivity index (χ0) is 19.3. The van der Waals surface area contributed by atoms with Gasteiger partial charge in [-0.1, -0.05) is 12.1 Å². The van der Waals surface area contributed by atoms with E-state index in [1.165, 1.54) is 0 Å². The molecule has 0 atom stereocenters. The number of hydrogen-bond donors (Lipinski definition) is 1. The lowest BCUT2D eigenvalue weighted by Gasteiger charge is -2.29. The highest BCUT2D eigenvalue weighted by Gasteiger charge is 2.29. The lowest BCUT2D eigenvalue weighted by molar-refractivity contribution is 0.0691. The molecule has 1 aliphatic heterocycles. The molecule has 7 heteroatoms. The first-order valence-electron chi connectivity index (χ1n) is 9.68. The van der Waals surface area contributed by atoms with Crippen molar-refractivity contribution < 1.29 is 14.6 Å². The minimum Gasteiger partial charge on any atom is -0.477 e. The molecule has 0 spiro atoms. The van der Waals surface area contributed by atoms with Crippen molar-refractivity contribution >= 4 is 22.7 Å². The maximum absolute atomic E-state index is 11.7. The molecule has 28 heavy (non-hydrogen) atoms. The summed E-state index contributed by atoms with van der Waals surface area (Å²) in [5.41, 5.74) is 4.62. The monoisotopic (exact) mass is 378 g/mol. The molecule has 3 aromatic rings. The number of carboxylic acid groups (broad SMARTS) is 1. The van der Waals surface area contributed by atoms with E-state index in [2.05, 4.69) is 39.2 Å². The van der Waals surface area contributed by atoms with Crippen molar-refractivity contribution in [1.82, 2.24) is 14.8 Å². The van der Waals surface area contributed by atoms with E-state index in [9.17, 15) is 9.90 Å². The fourth-order valence-electron chi connectivity index (χ4n) is 3.90. The predicted molar refractivity (Wildman–Crippen MR) is 106 cm³/mol. The molecule has 1 saturated carbocycles. The van der Waals surface area contributed by atoms with Gasteiger partial charge in [0.05, 0.1) is 24.9 Å². The number of aromatic nitrogens is 3. The molecular formula is C21H22N4O3. The van der Waals surface area contributed by atoms with Crippen molar-refractivity contribution in [2.45, 2.75) is 25.8 Å². The lowest BCUT2D eigenvalue weighted by Crippen LogP contribution is -2.36. The number of rotatable bonds is 4. The number of anilines is 1. The normalized spacial score (nSPS) is 17.2. The fourth-order valence-corrected chi connectivity index (χ4v) is 3.90. The van der Waals surface area contributed by atoms with E-state index in [1.54, 1.807) is 6.07 Å². The third kappa shape index (κ3) is 2.92. The third-order valence-electron chi connectivity index (χ3n) is 5.50. The first kappa shape index (κ1) is 17.2. The molecule has 0 bridgehead atoms. The van der Waals surface area contributed by atoms with Gasteiger partial charge in [-0.25, -0.2) is 14.5 Å². The van der Waals surface area contributed by atoms with E-state index in [-0.39, 0.29) is 5.69 Å². The van der Waals surface area contributed by atoms with Crippen molar-refractivity contribution in [3.05, 3.63) is 41.7 Å². The smallest absolute Gasteiger partial charge is 0.354 e. The Morgan fingerprint density at radius 3 is 2.54 bits per heavy atom. The van der Waals surface area contributed by atoms with E-state index < -0.39 is 5.97 Å². The molecule has 2 fully saturated rings. The summed E-state index contributed by atoms with van der Waals surface area (Å²) < 4.78 is 7.33. The number of pyridine rings is 1. The zero-order valence-electron chi connectivity index (χ0n) is 15.8. The largest absolute Gasteiger partial charge is 0.477 e. The van der Waals surface area contributed by atoms with Crippen molar-refractivity contribution in [2.24, 2.45) is 0 Å². The number of carboxylic acids is 1. The summed E-state index contributed by atoms with van der Waals surface area (Å²) in [4.78, 5) is 18.4. The quantitative estimate of drug-likeness (QED) is 0.750. The van der Waals surface area contributed by atoms with Gasteiger partial charge in [0.15, 0.2) is 11.3 Å². The van der Waals surface area contributed by atoms with Gasteiger partial charge >= 0.3 is 5.97 Å². The topological polar surface area (TPSA) is 80.5 Å². The highest BCUT2D eigenvalue weighted by Crippen LogP contribution is 2.39. The molecule has 0 amide bonds. The van der Waals surface area contributed by atoms with Crippen LogP contribution in [0.25, 0.3) is 22.2 Å². The molecule has 2 aliphatic rings. The number of aryl methyl sites for hydroxylation is 1. The Bertz CT molecular complexity index is 1050. The minimum absolute atomic E-state index is 0.0570. The van der Waals surface area contributed by atoms with Gasteiger partial charge in [0.1, 0.15) is 0 Å². The number of hydrogen-bond acceptors (Lipinski definition) is 5. The predicted octanol–water partition coefficient (Wildman–Crippen LogP) is 3.28. The molecule has 1 aromatic carbocycles. The average molecular weight is 378 g/mol. The highest BCUT2D eigenvalue weighted by atomic mass is 16.5. The van der Waals surface area contributed by atoms with Crippen molar-refractivity contribution in [1.29, 1.82) is 0 Å². The van der Waals surface area contributed by atoms with E-state index in [1.807, 2.05) is 11.6 Å². The molecule has 3 heterocycles. The van der Waals surface area contributed by atoms with Gasteiger partial charge in [0.25, 0.3) is 0 Å². The maximum Gasteiger partial charge on any atom is 0.354 e. The summed E-state index contributed by atoms with van der Waals surface area (Å²) in [6.45, 7) is 5.22. The van der Waals surface area contributed by atoms with Gasteiger partial charge in [-0.2, -0.15) is 5.10 Å². The van der Waals surface area contributed by atoms with Crippen LogP contribution in [0.2, 0.25) is 0 Å². The molecule has 5 rings (SSSR count). The van der Waals surface area contributed by atoms with Crippen LogP contribution in [-0.2, 0) is 4.74 Å². The van der Waals surface area contributed by atoms with Crippen molar-refractivity contribution in [3.63, 3.8) is 0 Å². The summed E-state index contributed by atoms with van der Waals surface area (Å²) in [6, 6.07) is 10.3. The average Bonchev–Trinajstić information content (AvgIpc) is 3.52. The second kappa shape index (κ2) is 6.60. The summed E-state index contributed by atoms with van der Waals surface area (Å²) >= 11 is 0. The molecule has 1 saturated heterocycles.